The Balaban J connectivity index is 1.83. The molecule has 0 aromatic heterocycles. The predicted octanol–water partition coefficient (Wildman–Crippen LogP) is 3.36. The van der Waals surface area contributed by atoms with Crippen LogP contribution in [0.15, 0.2) is 24.3 Å². The van der Waals surface area contributed by atoms with Crippen molar-refractivity contribution >= 4 is 0 Å². The van der Waals surface area contributed by atoms with E-state index in [-0.39, 0.29) is 0 Å². The van der Waals surface area contributed by atoms with E-state index >= 15 is 0 Å². The summed E-state index contributed by atoms with van der Waals surface area (Å²) in [6.07, 6.45) is 4.02. The molecule has 1 N–H and O–H groups in total. The fourth-order valence-electron chi connectivity index (χ4n) is 2.57. The van der Waals surface area contributed by atoms with Gasteiger partial charge >= 0.3 is 0 Å². The summed E-state index contributed by atoms with van der Waals surface area (Å²) in [6.45, 7) is 6.05. The molecule has 1 fully saturated rings. The molecular weight excluding hydrogens is 210 g/mol. The van der Waals surface area contributed by atoms with Gasteiger partial charge in [-0.2, -0.15) is 0 Å². The van der Waals surface area contributed by atoms with Crippen LogP contribution in [0.5, 0.6) is 5.75 Å². The Morgan fingerprint density at radius 2 is 2.24 bits per heavy atom. The summed E-state index contributed by atoms with van der Waals surface area (Å²) in [5.41, 5.74) is 1.32. The number of hydrogen-bond acceptors (Lipinski definition) is 2. The molecule has 2 nitrogen and oxygen atoms in total. The minimum absolute atomic E-state index is 0.709. The highest BCUT2D eigenvalue weighted by Crippen LogP contribution is 2.25. The normalized spacial score (nSPS) is 23.9. The molecule has 2 unspecified atom stereocenters. The largest absolute Gasteiger partial charge is 0.494 e. The van der Waals surface area contributed by atoms with Crippen LogP contribution in [-0.2, 0) is 6.54 Å². The lowest BCUT2D eigenvalue weighted by atomic mass is 10.1. The van der Waals surface area contributed by atoms with Crippen LogP contribution in [-0.4, -0.2) is 12.6 Å². The van der Waals surface area contributed by atoms with Crippen LogP contribution in [0.4, 0.5) is 0 Å². The monoisotopic (exact) mass is 233 g/mol. The molecule has 0 radical (unpaired) electrons. The highest BCUT2D eigenvalue weighted by Gasteiger charge is 2.20. The van der Waals surface area contributed by atoms with Crippen LogP contribution in [0.2, 0.25) is 0 Å². The fraction of sp³-hybridized carbons (Fsp3) is 0.600. The van der Waals surface area contributed by atoms with Gasteiger partial charge in [-0.25, -0.2) is 0 Å². The van der Waals surface area contributed by atoms with E-state index in [1.54, 1.807) is 0 Å². The van der Waals surface area contributed by atoms with Crippen molar-refractivity contribution in [3.63, 3.8) is 0 Å². The van der Waals surface area contributed by atoms with Crippen molar-refractivity contribution in [3.8, 4) is 5.75 Å². The van der Waals surface area contributed by atoms with Gasteiger partial charge < -0.3 is 10.1 Å². The highest BCUT2D eigenvalue weighted by atomic mass is 16.5. The van der Waals surface area contributed by atoms with Gasteiger partial charge in [0, 0.05) is 12.6 Å². The van der Waals surface area contributed by atoms with Crippen molar-refractivity contribution in [1.29, 1.82) is 0 Å². The zero-order valence-corrected chi connectivity index (χ0v) is 10.9. The summed E-state index contributed by atoms with van der Waals surface area (Å²) >= 11 is 0. The molecule has 0 amide bonds. The van der Waals surface area contributed by atoms with E-state index in [2.05, 4.69) is 30.4 Å². The summed E-state index contributed by atoms with van der Waals surface area (Å²) in [5, 5.41) is 3.64. The second-order valence-corrected chi connectivity index (χ2v) is 5.08. The van der Waals surface area contributed by atoms with Gasteiger partial charge in [0.15, 0.2) is 0 Å². The first-order chi connectivity index (χ1) is 8.28. The molecule has 0 aliphatic heterocycles. The van der Waals surface area contributed by atoms with Crippen molar-refractivity contribution < 1.29 is 4.74 Å². The lowest BCUT2D eigenvalue weighted by molar-refractivity contribution is 0.339. The third-order valence-electron chi connectivity index (χ3n) is 3.50. The minimum Gasteiger partial charge on any atom is -0.494 e. The van der Waals surface area contributed by atoms with Gasteiger partial charge in [0.1, 0.15) is 5.75 Å². The molecule has 0 bridgehead atoms. The van der Waals surface area contributed by atoms with E-state index < -0.39 is 0 Å². The van der Waals surface area contributed by atoms with E-state index in [0.717, 1.165) is 24.8 Å². The minimum atomic E-state index is 0.709. The van der Waals surface area contributed by atoms with Gasteiger partial charge in [-0.1, -0.05) is 19.1 Å². The Morgan fingerprint density at radius 1 is 1.35 bits per heavy atom. The molecular formula is C15H23NO. The fourth-order valence-corrected chi connectivity index (χ4v) is 2.57. The molecule has 0 saturated heterocycles. The van der Waals surface area contributed by atoms with Crippen molar-refractivity contribution in [2.45, 2.75) is 45.7 Å². The maximum Gasteiger partial charge on any atom is 0.119 e. The van der Waals surface area contributed by atoms with Gasteiger partial charge in [-0.05, 0) is 49.8 Å². The van der Waals surface area contributed by atoms with Crippen molar-refractivity contribution in [3.05, 3.63) is 29.8 Å². The van der Waals surface area contributed by atoms with Gasteiger partial charge in [-0.15, -0.1) is 0 Å². The molecule has 1 saturated carbocycles. The van der Waals surface area contributed by atoms with E-state index in [0.29, 0.717) is 6.04 Å². The zero-order chi connectivity index (χ0) is 12.1. The molecule has 2 heteroatoms. The van der Waals surface area contributed by atoms with Crippen LogP contribution < -0.4 is 10.1 Å². The SMILES string of the molecule is CCOc1cccc(CNC2CCC(C)C2)c1. The standard InChI is InChI=1S/C15H23NO/c1-3-17-15-6-4-5-13(10-15)11-16-14-8-7-12(2)9-14/h4-6,10,12,14,16H,3,7-9,11H2,1-2H3. The average molecular weight is 233 g/mol. The molecule has 1 aliphatic rings. The summed E-state index contributed by atoms with van der Waals surface area (Å²) in [5.74, 6) is 1.87. The predicted molar refractivity (Wildman–Crippen MR) is 71.3 cm³/mol. The number of rotatable bonds is 5. The second-order valence-electron chi connectivity index (χ2n) is 5.08. The molecule has 2 atom stereocenters. The van der Waals surface area contributed by atoms with Gasteiger partial charge in [0.05, 0.1) is 6.61 Å². The highest BCUT2D eigenvalue weighted by molar-refractivity contribution is 5.28. The van der Waals surface area contributed by atoms with Crippen molar-refractivity contribution in [2.75, 3.05) is 6.61 Å². The maximum atomic E-state index is 5.51. The lowest BCUT2D eigenvalue weighted by Crippen LogP contribution is -2.25. The summed E-state index contributed by atoms with van der Waals surface area (Å²) in [7, 11) is 0. The van der Waals surface area contributed by atoms with Gasteiger partial charge in [-0.3, -0.25) is 0 Å². The number of hydrogen-bond donors (Lipinski definition) is 1. The third-order valence-corrected chi connectivity index (χ3v) is 3.50. The van der Waals surface area contributed by atoms with Crippen LogP contribution in [0.25, 0.3) is 0 Å². The first kappa shape index (κ1) is 12.4. The average Bonchev–Trinajstić information content (AvgIpc) is 2.74. The van der Waals surface area contributed by atoms with Crippen LogP contribution in [0, 0.1) is 5.92 Å². The van der Waals surface area contributed by atoms with Crippen LogP contribution in [0.3, 0.4) is 0 Å². The zero-order valence-electron chi connectivity index (χ0n) is 10.9. The first-order valence-electron chi connectivity index (χ1n) is 6.73. The van der Waals surface area contributed by atoms with Crippen molar-refractivity contribution in [1.82, 2.24) is 5.32 Å². The van der Waals surface area contributed by atoms with E-state index in [1.165, 1.54) is 24.8 Å². The van der Waals surface area contributed by atoms with Crippen LogP contribution in [0.1, 0.15) is 38.7 Å². The van der Waals surface area contributed by atoms with E-state index in [4.69, 9.17) is 4.74 Å². The number of benzene rings is 1. The van der Waals surface area contributed by atoms with Crippen LogP contribution >= 0.6 is 0 Å². The first-order valence-corrected chi connectivity index (χ1v) is 6.73. The number of ether oxygens (including phenoxy) is 1. The van der Waals surface area contributed by atoms with Gasteiger partial charge in [0.25, 0.3) is 0 Å². The Morgan fingerprint density at radius 3 is 2.94 bits per heavy atom. The van der Waals surface area contributed by atoms with Crippen molar-refractivity contribution in [2.24, 2.45) is 5.92 Å². The molecule has 1 aliphatic carbocycles. The molecule has 1 aromatic rings. The summed E-state index contributed by atoms with van der Waals surface area (Å²) in [6, 6.07) is 9.09. The molecule has 1 aromatic carbocycles. The summed E-state index contributed by atoms with van der Waals surface area (Å²) in [4.78, 5) is 0. The van der Waals surface area contributed by atoms with Gasteiger partial charge in [0.2, 0.25) is 0 Å². The Kier molecular flexibility index (Phi) is 4.43. The molecule has 17 heavy (non-hydrogen) atoms. The number of nitrogens with one attached hydrogen (secondary N) is 1. The van der Waals surface area contributed by atoms with E-state index in [9.17, 15) is 0 Å². The third kappa shape index (κ3) is 3.74. The molecule has 0 heterocycles. The molecule has 94 valence electrons. The quantitative estimate of drug-likeness (QED) is 0.842. The Bertz CT molecular complexity index is 351. The molecule has 0 spiro atoms. The Hall–Kier alpha value is -1.02. The second kappa shape index (κ2) is 6.06. The summed E-state index contributed by atoms with van der Waals surface area (Å²) < 4.78 is 5.51. The maximum absolute atomic E-state index is 5.51. The Labute approximate surface area is 104 Å². The molecule has 2 rings (SSSR count). The topological polar surface area (TPSA) is 21.3 Å². The lowest BCUT2D eigenvalue weighted by Gasteiger charge is -2.13. The smallest absolute Gasteiger partial charge is 0.119 e. The van der Waals surface area contributed by atoms with E-state index in [1.807, 2.05) is 13.0 Å².